The summed E-state index contributed by atoms with van der Waals surface area (Å²) in [6.07, 6.45) is 0. The minimum Gasteiger partial charge on any atom is -0.508 e. The van der Waals surface area contributed by atoms with Gasteiger partial charge in [-0.25, -0.2) is 0 Å². The van der Waals surface area contributed by atoms with Gasteiger partial charge in [0.2, 0.25) is 0 Å². The summed E-state index contributed by atoms with van der Waals surface area (Å²) >= 11 is 12.3. The number of aryl methyl sites for hydroxylation is 1. The quantitative estimate of drug-likeness (QED) is 0.148. The molecule has 5 rings (SSSR count). The fourth-order valence-corrected chi connectivity index (χ4v) is 4.85. The highest BCUT2D eigenvalue weighted by Crippen LogP contribution is 2.43. The molecule has 1 fully saturated rings. The number of benzene rings is 4. The number of anilines is 1. The molecule has 1 amide bonds. The molecule has 0 aliphatic carbocycles. The lowest BCUT2D eigenvalue weighted by Crippen LogP contribution is -2.29. The SMILES string of the molecule is Cc1cc(/C(O)=C2\C(=O)C(=O)N(c3ccc(Cl)c(Cl)c3)C2c2ccc(O)cc2)ccc1OCc1ccccc1. The second-order valence-electron chi connectivity index (χ2n) is 9.11. The average molecular weight is 560 g/mol. The van der Waals surface area contributed by atoms with Gasteiger partial charge in [-0.05, 0) is 72.1 Å². The molecule has 39 heavy (non-hydrogen) atoms. The number of nitrogens with zero attached hydrogens (tertiary/aromatic N) is 1. The van der Waals surface area contributed by atoms with Gasteiger partial charge in [-0.3, -0.25) is 14.5 Å². The summed E-state index contributed by atoms with van der Waals surface area (Å²) in [6, 6.07) is 24.5. The summed E-state index contributed by atoms with van der Waals surface area (Å²) in [5, 5.41) is 21.8. The van der Waals surface area contributed by atoms with Crippen molar-refractivity contribution in [3.8, 4) is 11.5 Å². The number of aliphatic hydroxyl groups is 1. The predicted molar refractivity (Wildman–Crippen MR) is 151 cm³/mol. The predicted octanol–water partition coefficient (Wildman–Crippen LogP) is 7.21. The number of ketones is 1. The number of ether oxygens (including phenoxy) is 1. The number of aromatic hydroxyl groups is 1. The smallest absolute Gasteiger partial charge is 0.300 e. The second kappa shape index (κ2) is 10.8. The van der Waals surface area contributed by atoms with Crippen molar-refractivity contribution in [3.63, 3.8) is 0 Å². The normalized spacial score (nSPS) is 16.5. The lowest BCUT2D eigenvalue weighted by Gasteiger charge is -2.26. The molecule has 196 valence electrons. The first-order chi connectivity index (χ1) is 18.7. The molecule has 4 aromatic rings. The molecular formula is C31H23Cl2NO5. The van der Waals surface area contributed by atoms with Crippen LogP contribution in [0.2, 0.25) is 10.0 Å². The zero-order chi connectivity index (χ0) is 27.7. The summed E-state index contributed by atoms with van der Waals surface area (Å²) in [6.45, 7) is 2.21. The van der Waals surface area contributed by atoms with Crippen LogP contribution in [0.4, 0.5) is 5.69 Å². The van der Waals surface area contributed by atoms with Crippen LogP contribution in [-0.2, 0) is 16.2 Å². The van der Waals surface area contributed by atoms with Crippen LogP contribution >= 0.6 is 23.2 Å². The van der Waals surface area contributed by atoms with Gasteiger partial charge in [0.15, 0.2) is 0 Å². The van der Waals surface area contributed by atoms with Crippen molar-refractivity contribution in [3.05, 3.63) is 129 Å². The Hall–Kier alpha value is -4.26. The topological polar surface area (TPSA) is 87.1 Å². The first-order valence-corrected chi connectivity index (χ1v) is 12.8. The molecule has 1 atom stereocenters. The third-order valence-electron chi connectivity index (χ3n) is 6.52. The molecular weight excluding hydrogens is 537 g/mol. The van der Waals surface area contributed by atoms with Gasteiger partial charge in [0.1, 0.15) is 23.9 Å². The number of hydrogen-bond donors (Lipinski definition) is 2. The van der Waals surface area contributed by atoms with Crippen LogP contribution in [0.15, 0.2) is 96.6 Å². The van der Waals surface area contributed by atoms with Crippen molar-refractivity contribution in [2.24, 2.45) is 0 Å². The molecule has 2 N–H and O–H groups in total. The molecule has 8 heteroatoms. The number of hydrogen-bond acceptors (Lipinski definition) is 5. The number of carbonyl (C=O) groups excluding carboxylic acids is 2. The van der Waals surface area contributed by atoms with Gasteiger partial charge in [0, 0.05) is 11.3 Å². The Kier molecular flexibility index (Phi) is 7.33. The zero-order valence-electron chi connectivity index (χ0n) is 20.8. The molecule has 0 bridgehead atoms. The Morgan fingerprint density at radius 2 is 1.62 bits per heavy atom. The Balaban J connectivity index is 1.57. The fourth-order valence-electron chi connectivity index (χ4n) is 4.56. The molecule has 4 aromatic carbocycles. The molecule has 1 saturated heterocycles. The van der Waals surface area contributed by atoms with Crippen LogP contribution in [0.1, 0.15) is 28.3 Å². The molecule has 0 aromatic heterocycles. The standard InChI is InChI=1S/C31H23Cl2NO5/c1-18-15-21(9-14-26(18)39-17-19-5-3-2-4-6-19)29(36)27-28(20-7-11-23(35)12-8-20)34(31(38)30(27)37)22-10-13-24(32)25(33)16-22/h2-16,28,35-36H,17H2,1H3/b29-27+. The van der Waals surface area contributed by atoms with Gasteiger partial charge in [-0.15, -0.1) is 0 Å². The highest BCUT2D eigenvalue weighted by atomic mass is 35.5. The zero-order valence-corrected chi connectivity index (χ0v) is 22.3. The third-order valence-corrected chi connectivity index (χ3v) is 7.26. The van der Waals surface area contributed by atoms with Crippen molar-refractivity contribution in [1.29, 1.82) is 0 Å². The highest BCUT2D eigenvalue weighted by Gasteiger charge is 2.47. The van der Waals surface area contributed by atoms with Gasteiger partial charge < -0.3 is 14.9 Å². The molecule has 0 radical (unpaired) electrons. The van der Waals surface area contributed by atoms with Crippen molar-refractivity contribution in [1.82, 2.24) is 0 Å². The maximum Gasteiger partial charge on any atom is 0.300 e. The van der Waals surface area contributed by atoms with E-state index in [-0.39, 0.29) is 22.1 Å². The van der Waals surface area contributed by atoms with Crippen LogP contribution in [-0.4, -0.2) is 21.9 Å². The van der Waals surface area contributed by atoms with Crippen LogP contribution in [0.3, 0.4) is 0 Å². The van der Waals surface area contributed by atoms with E-state index >= 15 is 0 Å². The van der Waals surface area contributed by atoms with Gasteiger partial charge in [-0.1, -0.05) is 65.7 Å². The minimum atomic E-state index is -0.975. The maximum absolute atomic E-state index is 13.4. The Morgan fingerprint density at radius 1 is 0.897 bits per heavy atom. The molecule has 1 aliphatic rings. The molecule has 0 saturated carbocycles. The molecule has 1 unspecified atom stereocenters. The van der Waals surface area contributed by atoms with Gasteiger partial charge in [0.25, 0.3) is 11.7 Å². The summed E-state index contributed by atoms with van der Waals surface area (Å²) in [5.41, 5.74) is 2.88. The number of phenols is 1. The Labute approximate surface area is 235 Å². The maximum atomic E-state index is 13.4. The monoisotopic (exact) mass is 559 g/mol. The van der Waals surface area contributed by atoms with E-state index in [0.717, 1.165) is 11.1 Å². The van der Waals surface area contributed by atoms with E-state index in [0.29, 0.717) is 34.2 Å². The summed E-state index contributed by atoms with van der Waals surface area (Å²) < 4.78 is 5.94. The number of rotatable bonds is 6. The molecule has 1 aliphatic heterocycles. The van der Waals surface area contributed by atoms with Gasteiger partial charge >= 0.3 is 0 Å². The first kappa shape index (κ1) is 26.4. The minimum absolute atomic E-state index is 0.0203. The average Bonchev–Trinajstić information content (AvgIpc) is 3.20. The van der Waals surface area contributed by atoms with Crippen LogP contribution < -0.4 is 9.64 Å². The lowest BCUT2D eigenvalue weighted by atomic mass is 9.94. The van der Waals surface area contributed by atoms with Crippen LogP contribution in [0, 0.1) is 6.92 Å². The van der Waals surface area contributed by atoms with Gasteiger partial charge in [-0.2, -0.15) is 0 Å². The summed E-state index contributed by atoms with van der Waals surface area (Å²) in [4.78, 5) is 28.0. The second-order valence-corrected chi connectivity index (χ2v) is 9.93. The summed E-state index contributed by atoms with van der Waals surface area (Å²) in [7, 11) is 0. The van der Waals surface area contributed by atoms with Crippen molar-refractivity contribution in [2.45, 2.75) is 19.6 Å². The van der Waals surface area contributed by atoms with Gasteiger partial charge in [0.05, 0.1) is 21.7 Å². The summed E-state index contributed by atoms with van der Waals surface area (Å²) in [5.74, 6) is -1.35. The number of carbonyl (C=O) groups is 2. The first-order valence-electron chi connectivity index (χ1n) is 12.1. The van der Waals surface area contributed by atoms with E-state index in [9.17, 15) is 19.8 Å². The van der Waals surface area contributed by atoms with E-state index in [2.05, 4.69) is 0 Å². The van der Waals surface area contributed by atoms with E-state index in [4.69, 9.17) is 27.9 Å². The molecule has 0 spiro atoms. The van der Waals surface area contributed by atoms with E-state index in [1.165, 1.54) is 29.2 Å². The number of phenolic OH excluding ortho intramolecular Hbond substituents is 1. The number of amides is 1. The van der Waals surface area contributed by atoms with E-state index < -0.39 is 17.7 Å². The van der Waals surface area contributed by atoms with Crippen molar-refractivity contribution >= 4 is 46.3 Å². The lowest BCUT2D eigenvalue weighted by molar-refractivity contribution is -0.132. The van der Waals surface area contributed by atoms with Crippen molar-refractivity contribution in [2.75, 3.05) is 4.90 Å². The largest absolute Gasteiger partial charge is 0.508 e. The van der Waals surface area contributed by atoms with E-state index in [1.54, 1.807) is 36.4 Å². The Morgan fingerprint density at radius 3 is 2.28 bits per heavy atom. The fraction of sp³-hybridized carbons (Fsp3) is 0.0968. The molecule has 6 nitrogen and oxygen atoms in total. The van der Waals surface area contributed by atoms with Crippen LogP contribution in [0.25, 0.3) is 5.76 Å². The Bertz CT molecular complexity index is 1600. The van der Waals surface area contributed by atoms with E-state index in [1.807, 2.05) is 37.3 Å². The molecule has 1 heterocycles. The van der Waals surface area contributed by atoms with Crippen LogP contribution in [0.5, 0.6) is 11.5 Å². The number of Topliss-reactive ketones (excluding diaryl/α,β-unsaturated/α-hetero) is 1. The number of halogens is 2. The third kappa shape index (κ3) is 5.21. The number of aliphatic hydroxyl groups excluding tert-OH is 1. The van der Waals surface area contributed by atoms with Crippen molar-refractivity contribution < 1.29 is 24.5 Å². The highest BCUT2D eigenvalue weighted by molar-refractivity contribution is 6.52.